The Bertz CT molecular complexity index is 613. The van der Waals surface area contributed by atoms with Crippen molar-refractivity contribution in [2.24, 2.45) is 5.11 Å². The SMILES string of the molecule is [N-]=[N+]=NC1(CO)O[C@@H](n2ccc(N)nc2=O)[C@H](O)[C@H]1O. The van der Waals surface area contributed by atoms with Gasteiger partial charge in [0.25, 0.3) is 0 Å². The zero-order valence-corrected chi connectivity index (χ0v) is 10.1. The molecule has 2 rings (SSSR count). The molecule has 0 bridgehead atoms. The van der Waals surface area contributed by atoms with Crippen molar-refractivity contribution in [2.75, 3.05) is 12.3 Å². The third kappa shape index (κ3) is 2.09. The number of aliphatic hydroxyl groups is 3. The van der Waals surface area contributed by atoms with Crippen molar-refractivity contribution in [1.29, 1.82) is 0 Å². The first-order chi connectivity index (χ1) is 9.45. The average Bonchev–Trinajstić information content (AvgIpc) is 2.65. The van der Waals surface area contributed by atoms with Crippen LogP contribution in [0.5, 0.6) is 0 Å². The summed E-state index contributed by atoms with van der Waals surface area (Å²) in [6.45, 7) is -0.872. The van der Waals surface area contributed by atoms with Crippen LogP contribution in [0.4, 0.5) is 5.82 Å². The second-order valence-electron chi connectivity index (χ2n) is 4.18. The highest BCUT2D eigenvalue weighted by Crippen LogP contribution is 2.37. The van der Waals surface area contributed by atoms with Crippen LogP contribution in [0.1, 0.15) is 6.23 Å². The van der Waals surface area contributed by atoms with Gasteiger partial charge in [-0.1, -0.05) is 5.11 Å². The topological polar surface area (TPSA) is 180 Å². The Labute approximate surface area is 111 Å². The second-order valence-corrected chi connectivity index (χ2v) is 4.18. The number of nitrogens with zero attached hydrogens (tertiary/aromatic N) is 5. The lowest BCUT2D eigenvalue weighted by atomic mass is 10.1. The van der Waals surface area contributed by atoms with Crippen LogP contribution >= 0.6 is 0 Å². The largest absolute Gasteiger partial charge is 0.393 e. The lowest BCUT2D eigenvalue weighted by Crippen LogP contribution is -2.44. The minimum atomic E-state index is -2.07. The van der Waals surface area contributed by atoms with Gasteiger partial charge >= 0.3 is 5.69 Å². The summed E-state index contributed by atoms with van der Waals surface area (Å²) in [7, 11) is 0. The number of aromatic nitrogens is 2. The number of anilines is 1. The molecule has 1 aromatic rings. The van der Waals surface area contributed by atoms with Crippen LogP contribution in [0.15, 0.2) is 22.2 Å². The molecule has 0 amide bonds. The molecule has 0 radical (unpaired) electrons. The summed E-state index contributed by atoms with van der Waals surface area (Å²) in [5.41, 5.74) is 10.9. The number of hydrogen-bond acceptors (Lipinski definition) is 8. The summed E-state index contributed by atoms with van der Waals surface area (Å²) in [5.74, 6) is -0.0252. The second kappa shape index (κ2) is 5.07. The first kappa shape index (κ1) is 14.2. The van der Waals surface area contributed by atoms with E-state index in [0.717, 1.165) is 4.57 Å². The van der Waals surface area contributed by atoms with E-state index in [1.165, 1.54) is 12.3 Å². The monoisotopic (exact) mass is 284 g/mol. The maximum absolute atomic E-state index is 11.7. The molecule has 20 heavy (non-hydrogen) atoms. The Kier molecular flexibility index (Phi) is 3.61. The highest BCUT2D eigenvalue weighted by Gasteiger charge is 2.54. The van der Waals surface area contributed by atoms with Crippen molar-refractivity contribution in [1.82, 2.24) is 9.55 Å². The number of nitrogens with two attached hydrogens (primary N) is 1. The van der Waals surface area contributed by atoms with Crippen LogP contribution < -0.4 is 11.4 Å². The molecular formula is C9H12N6O5. The van der Waals surface area contributed by atoms with Gasteiger partial charge in [-0.05, 0) is 11.6 Å². The molecule has 0 spiro atoms. The summed E-state index contributed by atoms with van der Waals surface area (Å²) in [6.07, 6.45) is -3.48. The molecule has 4 atom stereocenters. The molecule has 1 unspecified atom stereocenters. The van der Waals surface area contributed by atoms with Crippen molar-refractivity contribution < 1.29 is 20.1 Å². The standard InChI is InChI=1S/C9H12N6O5/c10-4-1-2-15(8(19)12-4)7-5(17)6(18)9(3-16,20-7)13-14-11/h1-2,5-7,16-18H,3H2,(H2,10,12,19)/t5-,6-,7-,9?/m1/s1. The maximum Gasteiger partial charge on any atom is 0.351 e. The summed E-state index contributed by atoms with van der Waals surface area (Å²) in [4.78, 5) is 17.6. The van der Waals surface area contributed by atoms with Crippen molar-refractivity contribution >= 4 is 5.82 Å². The van der Waals surface area contributed by atoms with Crippen LogP contribution in [0.25, 0.3) is 10.4 Å². The number of hydrogen-bond donors (Lipinski definition) is 4. The summed E-state index contributed by atoms with van der Waals surface area (Å²) >= 11 is 0. The van der Waals surface area contributed by atoms with Crippen LogP contribution in [-0.2, 0) is 4.74 Å². The first-order valence-corrected chi connectivity index (χ1v) is 5.51. The van der Waals surface area contributed by atoms with E-state index in [4.69, 9.17) is 16.0 Å². The van der Waals surface area contributed by atoms with Crippen LogP contribution in [0, 0.1) is 0 Å². The minimum absolute atomic E-state index is 0.0252. The van der Waals surface area contributed by atoms with Gasteiger partial charge in [0.2, 0.25) is 5.72 Å². The normalized spacial score (nSPS) is 32.9. The van der Waals surface area contributed by atoms with Gasteiger partial charge < -0.3 is 25.8 Å². The summed E-state index contributed by atoms with van der Waals surface area (Å²) in [5, 5.41) is 32.2. The third-order valence-corrected chi connectivity index (χ3v) is 2.97. The van der Waals surface area contributed by atoms with Crippen molar-refractivity contribution in [3.05, 3.63) is 33.2 Å². The minimum Gasteiger partial charge on any atom is -0.393 e. The molecule has 5 N–H and O–H groups in total. The van der Waals surface area contributed by atoms with Crippen molar-refractivity contribution in [3.8, 4) is 0 Å². The van der Waals surface area contributed by atoms with E-state index in [0.29, 0.717) is 0 Å². The number of aliphatic hydroxyl groups excluding tert-OH is 3. The van der Waals surface area contributed by atoms with E-state index >= 15 is 0 Å². The maximum atomic E-state index is 11.7. The third-order valence-electron chi connectivity index (χ3n) is 2.97. The predicted octanol–water partition coefficient (Wildman–Crippen LogP) is -1.92. The molecule has 0 aliphatic carbocycles. The molecule has 1 aliphatic rings. The van der Waals surface area contributed by atoms with Crippen molar-refractivity contribution in [2.45, 2.75) is 24.2 Å². The highest BCUT2D eigenvalue weighted by atomic mass is 16.6. The Balaban J connectivity index is 2.45. The lowest BCUT2D eigenvalue weighted by molar-refractivity contribution is -0.125. The van der Waals surface area contributed by atoms with E-state index < -0.39 is 36.5 Å². The van der Waals surface area contributed by atoms with Gasteiger partial charge in [0, 0.05) is 11.1 Å². The molecule has 0 aromatic carbocycles. The summed E-state index contributed by atoms with van der Waals surface area (Å²) in [6, 6.07) is 1.29. The van der Waals surface area contributed by atoms with E-state index in [1.54, 1.807) is 0 Å². The van der Waals surface area contributed by atoms with E-state index in [1.807, 2.05) is 0 Å². The van der Waals surface area contributed by atoms with Gasteiger partial charge in [0.05, 0.1) is 6.61 Å². The van der Waals surface area contributed by atoms with Gasteiger partial charge in [0.15, 0.2) is 6.23 Å². The van der Waals surface area contributed by atoms with Gasteiger partial charge in [-0.15, -0.1) is 0 Å². The first-order valence-electron chi connectivity index (χ1n) is 5.51. The molecule has 2 heterocycles. The highest BCUT2D eigenvalue weighted by molar-refractivity contribution is 5.23. The van der Waals surface area contributed by atoms with E-state index in [9.17, 15) is 20.1 Å². The van der Waals surface area contributed by atoms with Gasteiger partial charge in [-0.3, -0.25) is 4.57 Å². The number of nitrogen functional groups attached to an aromatic ring is 1. The molecule has 1 saturated heterocycles. The smallest absolute Gasteiger partial charge is 0.351 e. The van der Waals surface area contributed by atoms with Gasteiger partial charge in [-0.25, -0.2) is 4.79 Å². The zero-order valence-electron chi connectivity index (χ0n) is 10.1. The van der Waals surface area contributed by atoms with E-state index in [-0.39, 0.29) is 5.82 Å². The summed E-state index contributed by atoms with van der Waals surface area (Å²) < 4.78 is 6.05. The average molecular weight is 284 g/mol. The fourth-order valence-corrected chi connectivity index (χ4v) is 1.93. The number of rotatable bonds is 3. The Morgan fingerprint density at radius 3 is 2.90 bits per heavy atom. The van der Waals surface area contributed by atoms with Gasteiger partial charge in [-0.2, -0.15) is 4.98 Å². The molecular weight excluding hydrogens is 272 g/mol. The van der Waals surface area contributed by atoms with Crippen LogP contribution in [-0.4, -0.2) is 49.4 Å². The predicted molar refractivity (Wildman–Crippen MR) is 64.0 cm³/mol. The molecule has 1 aliphatic heterocycles. The zero-order chi connectivity index (χ0) is 14.9. The molecule has 11 nitrogen and oxygen atoms in total. The Morgan fingerprint density at radius 2 is 2.35 bits per heavy atom. The number of ether oxygens (including phenoxy) is 1. The van der Waals surface area contributed by atoms with Gasteiger partial charge in [0.1, 0.15) is 18.0 Å². The van der Waals surface area contributed by atoms with Crippen molar-refractivity contribution in [3.63, 3.8) is 0 Å². The Morgan fingerprint density at radius 1 is 1.65 bits per heavy atom. The van der Waals surface area contributed by atoms with E-state index in [2.05, 4.69) is 15.0 Å². The molecule has 108 valence electrons. The van der Waals surface area contributed by atoms with Crippen LogP contribution in [0.2, 0.25) is 0 Å². The molecule has 1 fully saturated rings. The fourth-order valence-electron chi connectivity index (χ4n) is 1.93. The quantitative estimate of drug-likeness (QED) is 0.283. The molecule has 11 heteroatoms. The molecule has 0 saturated carbocycles. The molecule has 1 aromatic heterocycles. The lowest BCUT2D eigenvalue weighted by Gasteiger charge is -2.23. The number of azide groups is 1. The Hall–Kier alpha value is -2.17. The fraction of sp³-hybridized carbons (Fsp3) is 0.556. The van der Waals surface area contributed by atoms with Crippen LogP contribution in [0.3, 0.4) is 0 Å².